The zero-order valence-corrected chi connectivity index (χ0v) is 14.8. The summed E-state index contributed by atoms with van der Waals surface area (Å²) in [5, 5.41) is 6.07. The quantitative estimate of drug-likeness (QED) is 0.710. The zero-order chi connectivity index (χ0) is 17.2. The van der Waals surface area contributed by atoms with Crippen molar-refractivity contribution in [1.29, 1.82) is 0 Å². The minimum Gasteiger partial charge on any atom is -0.339 e. The second kappa shape index (κ2) is 6.80. The van der Waals surface area contributed by atoms with Crippen LogP contribution in [0.3, 0.4) is 0 Å². The van der Waals surface area contributed by atoms with Gasteiger partial charge in [-0.3, -0.25) is 4.79 Å². The Morgan fingerprint density at radius 1 is 1.32 bits per heavy atom. The van der Waals surface area contributed by atoms with Crippen molar-refractivity contribution in [1.82, 2.24) is 15.0 Å². The number of carbonyl (C=O) groups is 1. The Kier molecular flexibility index (Phi) is 4.36. The molecule has 0 radical (unpaired) electrons. The molecule has 1 atom stereocenters. The zero-order valence-electron chi connectivity index (χ0n) is 14.0. The van der Waals surface area contributed by atoms with Crippen LogP contribution in [-0.2, 0) is 0 Å². The number of benzene rings is 1. The predicted octanol–water partition coefficient (Wildman–Crippen LogP) is 4.13. The molecular formula is C19H19N3O2S. The molecule has 1 saturated heterocycles. The van der Waals surface area contributed by atoms with Gasteiger partial charge in [0.15, 0.2) is 0 Å². The Balaban J connectivity index is 1.51. The smallest absolute Gasteiger partial charge is 0.263 e. The second-order valence-corrected chi connectivity index (χ2v) is 7.34. The molecule has 1 amide bonds. The highest BCUT2D eigenvalue weighted by Crippen LogP contribution is 2.29. The van der Waals surface area contributed by atoms with Crippen LogP contribution in [-0.4, -0.2) is 34.0 Å². The molecule has 1 fully saturated rings. The fourth-order valence-corrected chi connectivity index (χ4v) is 3.91. The van der Waals surface area contributed by atoms with Gasteiger partial charge >= 0.3 is 0 Å². The number of amides is 1. The van der Waals surface area contributed by atoms with Crippen molar-refractivity contribution < 1.29 is 9.32 Å². The Bertz CT molecular complexity index is 872. The summed E-state index contributed by atoms with van der Waals surface area (Å²) in [5.74, 6) is 1.43. The highest BCUT2D eigenvalue weighted by molar-refractivity contribution is 7.12. The maximum absolute atomic E-state index is 12.6. The van der Waals surface area contributed by atoms with E-state index in [4.69, 9.17) is 4.52 Å². The summed E-state index contributed by atoms with van der Waals surface area (Å²) in [4.78, 5) is 19.8. The van der Waals surface area contributed by atoms with Crippen molar-refractivity contribution in [2.24, 2.45) is 0 Å². The third-order valence-electron chi connectivity index (χ3n) is 4.51. The molecule has 6 heteroatoms. The van der Waals surface area contributed by atoms with E-state index in [0.29, 0.717) is 18.3 Å². The maximum atomic E-state index is 12.6. The van der Waals surface area contributed by atoms with Crippen LogP contribution in [0.5, 0.6) is 0 Å². The first-order valence-corrected chi connectivity index (χ1v) is 9.32. The molecule has 1 aliphatic heterocycles. The van der Waals surface area contributed by atoms with Gasteiger partial charge in [-0.2, -0.15) is 4.98 Å². The molecule has 1 aromatic carbocycles. The molecule has 0 aliphatic carbocycles. The van der Waals surface area contributed by atoms with E-state index in [1.54, 1.807) is 0 Å². The summed E-state index contributed by atoms with van der Waals surface area (Å²) in [6.07, 6.45) is 1.91. The Morgan fingerprint density at radius 3 is 3.04 bits per heavy atom. The van der Waals surface area contributed by atoms with Crippen molar-refractivity contribution in [2.75, 3.05) is 13.1 Å². The van der Waals surface area contributed by atoms with E-state index in [2.05, 4.69) is 10.1 Å². The lowest BCUT2D eigenvalue weighted by molar-refractivity contribution is 0.0700. The summed E-state index contributed by atoms with van der Waals surface area (Å²) >= 11 is 1.48. The molecular weight excluding hydrogens is 334 g/mol. The van der Waals surface area contributed by atoms with Crippen LogP contribution in [0.15, 0.2) is 46.3 Å². The van der Waals surface area contributed by atoms with Gasteiger partial charge < -0.3 is 9.42 Å². The molecule has 1 unspecified atom stereocenters. The van der Waals surface area contributed by atoms with E-state index in [9.17, 15) is 4.79 Å². The summed E-state index contributed by atoms with van der Waals surface area (Å²) in [6, 6.07) is 11.8. The van der Waals surface area contributed by atoms with Gasteiger partial charge in [0.05, 0.1) is 10.8 Å². The number of aryl methyl sites for hydroxylation is 1. The van der Waals surface area contributed by atoms with Crippen molar-refractivity contribution in [3.63, 3.8) is 0 Å². The Hall–Kier alpha value is -2.47. The molecule has 3 heterocycles. The van der Waals surface area contributed by atoms with E-state index in [1.807, 2.05) is 53.6 Å². The van der Waals surface area contributed by atoms with Crippen LogP contribution in [0, 0.1) is 6.92 Å². The summed E-state index contributed by atoms with van der Waals surface area (Å²) < 4.78 is 5.52. The lowest BCUT2D eigenvalue weighted by atomic mass is 9.98. The van der Waals surface area contributed by atoms with Crippen LogP contribution in [0.2, 0.25) is 0 Å². The first kappa shape index (κ1) is 16.0. The highest BCUT2D eigenvalue weighted by Gasteiger charge is 2.29. The molecule has 0 spiro atoms. The van der Waals surface area contributed by atoms with Crippen LogP contribution in [0.1, 0.15) is 39.9 Å². The van der Waals surface area contributed by atoms with Crippen molar-refractivity contribution in [2.45, 2.75) is 25.7 Å². The van der Waals surface area contributed by atoms with Gasteiger partial charge in [0, 0.05) is 18.7 Å². The lowest BCUT2D eigenvalue weighted by Gasteiger charge is -2.30. The molecule has 3 aromatic rings. The molecule has 25 heavy (non-hydrogen) atoms. The average molecular weight is 353 g/mol. The van der Waals surface area contributed by atoms with Gasteiger partial charge in [0.1, 0.15) is 0 Å². The van der Waals surface area contributed by atoms with Crippen LogP contribution >= 0.6 is 11.3 Å². The number of carbonyl (C=O) groups excluding carboxylic acids is 1. The Morgan fingerprint density at radius 2 is 2.24 bits per heavy atom. The monoisotopic (exact) mass is 353 g/mol. The number of nitrogens with zero attached hydrogens (tertiary/aromatic N) is 3. The number of piperidine rings is 1. The van der Waals surface area contributed by atoms with Gasteiger partial charge in [-0.1, -0.05) is 35.0 Å². The average Bonchev–Trinajstić information content (AvgIpc) is 3.33. The largest absolute Gasteiger partial charge is 0.339 e. The summed E-state index contributed by atoms with van der Waals surface area (Å²) in [5.41, 5.74) is 2.12. The van der Waals surface area contributed by atoms with Crippen LogP contribution in [0.4, 0.5) is 0 Å². The molecule has 5 nitrogen and oxygen atoms in total. The third kappa shape index (κ3) is 3.35. The van der Waals surface area contributed by atoms with Gasteiger partial charge in [-0.05, 0) is 37.3 Å². The van der Waals surface area contributed by atoms with E-state index < -0.39 is 0 Å². The predicted molar refractivity (Wildman–Crippen MR) is 96.7 cm³/mol. The fraction of sp³-hybridized carbons (Fsp3) is 0.316. The third-order valence-corrected chi connectivity index (χ3v) is 5.37. The van der Waals surface area contributed by atoms with Gasteiger partial charge in [0.2, 0.25) is 11.7 Å². The number of aromatic nitrogens is 2. The fourth-order valence-electron chi connectivity index (χ4n) is 3.22. The first-order chi connectivity index (χ1) is 12.2. The number of hydrogen-bond donors (Lipinski definition) is 0. The highest BCUT2D eigenvalue weighted by atomic mass is 32.1. The molecule has 0 N–H and O–H groups in total. The topological polar surface area (TPSA) is 59.2 Å². The van der Waals surface area contributed by atoms with Crippen LogP contribution < -0.4 is 0 Å². The number of thiophene rings is 1. The van der Waals surface area contributed by atoms with E-state index >= 15 is 0 Å². The maximum Gasteiger partial charge on any atom is 0.263 e. The lowest BCUT2D eigenvalue weighted by Crippen LogP contribution is -2.38. The molecule has 2 aromatic heterocycles. The number of likely N-dealkylation sites (tertiary alicyclic amines) is 1. The SMILES string of the molecule is Cc1cccc(-c2noc(C3CCCN(C(=O)c4cccs4)C3)n2)c1. The molecule has 128 valence electrons. The van der Waals surface area contributed by atoms with E-state index in [1.165, 1.54) is 11.3 Å². The molecule has 0 saturated carbocycles. The summed E-state index contributed by atoms with van der Waals surface area (Å²) in [7, 11) is 0. The number of rotatable bonds is 3. The van der Waals surface area contributed by atoms with E-state index in [-0.39, 0.29) is 11.8 Å². The Labute approximate surface area is 150 Å². The molecule has 1 aliphatic rings. The standard InChI is InChI=1S/C19H19N3O2S/c1-13-5-2-6-14(11-13)17-20-18(24-21-17)15-7-3-9-22(12-15)19(23)16-8-4-10-25-16/h2,4-6,8,10-11,15H,3,7,9,12H2,1H3. The normalized spacial score (nSPS) is 17.6. The molecule has 0 bridgehead atoms. The van der Waals surface area contributed by atoms with Gasteiger partial charge in [0.25, 0.3) is 5.91 Å². The van der Waals surface area contributed by atoms with Crippen molar-refractivity contribution in [3.8, 4) is 11.4 Å². The summed E-state index contributed by atoms with van der Waals surface area (Å²) in [6.45, 7) is 3.46. The van der Waals surface area contributed by atoms with Crippen molar-refractivity contribution in [3.05, 3.63) is 58.1 Å². The molecule has 4 rings (SSSR count). The minimum atomic E-state index is 0.0955. The van der Waals surface area contributed by atoms with Crippen molar-refractivity contribution >= 4 is 17.2 Å². The van der Waals surface area contributed by atoms with Gasteiger partial charge in [-0.15, -0.1) is 11.3 Å². The van der Waals surface area contributed by atoms with Crippen LogP contribution in [0.25, 0.3) is 11.4 Å². The first-order valence-electron chi connectivity index (χ1n) is 8.44. The second-order valence-electron chi connectivity index (χ2n) is 6.39. The minimum absolute atomic E-state index is 0.0955. The van der Waals surface area contributed by atoms with E-state index in [0.717, 1.165) is 35.4 Å². The van der Waals surface area contributed by atoms with Gasteiger partial charge in [-0.25, -0.2) is 0 Å². The number of hydrogen-bond acceptors (Lipinski definition) is 5.